The average Bonchev–Trinajstić information content (AvgIpc) is 3.15. The second kappa shape index (κ2) is 8.44. The van der Waals surface area contributed by atoms with E-state index in [1.807, 2.05) is 6.07 Å². The Balaban J connectivity index is 1.99. The van der Waals surface area contributed by atoms with Crippen LogP contribution in [0.15, 0.2) is 47.6 Å². The van der Waals surface area contributed by atoms with Crippen molar-refractivity contribution in [2.75, 3.05) is 0 Å². The summed E-state index contributed by atoms with van der Waals surface area (Å²) in [7, 11) is 0. The minimum Gasteiger partial charge on any atom is -0.361 e. The zero-order valence-corrected chi connectivity index (χ0v) is 19.5. The van der Waals surface area contributed by atoms with Crippen molar-refractivity contribution in [3.05, 3.63) is 76.3 Å². The molecule has 0 fully saturated rings. The van der Waals surface area contributed by atoms with E-state index in [-0.39, 0.29) is 23.1 Å². The number of fused-ring (bicyclic) bond motifs is 1. The number of Topliss-reactive ketones (excluding diaryl/α,β-unsaturated/α-hetero) is 1. The number of nitrogens with zero attached hydrogens (tertiary/aromatic N) is 3. The number of hydrogen-bond acceptors (Lipinski definition) is 3. The number of aliphatic imine (C=N–C) groups is 1. The van der Waals surface area contributed by atoms with Gasteiger partial charge in [0.2, 0.25) is 5.78 Å². The van der Waals surface area contributed by atoms with Gasteiger partial charge in [0.25, 0.3) is 0 Å². The largest absolute Gasteiger partial charge is 0.361 e. The first-order chi connectivity index (χ1) is 14.9. The third-order valence-electron chi connectivity index (χ3n) is 5.50. The summed E-state index contributed by atoms with van der Waals surface area (Å²) in [6.07, 6.45) is 1.57. The summed E-state index contributed by atoms with van der Waals surface area (Å²) in [5.41, 5.74) is 4.70. The van der Waals surface area contributed by atoms with Gasteiger partial charge in [0.05, 0.1) is 13.1 Å². The Kier molecular flexibility index (Phi) is 6.06. The van der Waals surface area contributed by atoms with Crippen molar-refractivity contribution in [1.29, 1.82) is 5.26 Å². The van der Waals surface area contributed by atoms with Gasteiger partial charge in [-0.2, -0.15) is 5.26 Å². The number of hydrogen-bond donors (Lipinski definition) is 1. The third-order valence-corrected chi connectivity index (χ3v) is 5.50. The van der Waals surface area contributed by atoms with Gasteiger partial charge >= 0.3 is 0 Å². The van der Waals surface area contributed by atoms with E-state index in [9.17, 15) is 10.1 Å². The number of carbonyl (C=O) groups is 1. The fraction of sp³-hybridized carbons (Fsp3) is 0.333. The Morgan fingerprint density at radius 1 is 1.06 bits per heavy atom. The Hall–Kier alpha value is -3.70. The number of ketones is 1. The molecule has 0 saturated carbocycles. The second-order valence-electron chi connectivity index (χ2n) is 10.1. The highest BCUT2D eigenvalue weighted by atomic mass is 16.1. The SMILES string of the molecule is [C-]#[N+]c1ccc2[nH]cc(C(=O)C(C#N)=NCc3cc(C(C)(C)C)cc(C(C)(C)C)c3)c2c1. The van der Waals surface area contributed by atoms with E-state index in [0.717, 1.165) is 11.1 Å². The fourth-order valence-corrected chi connectivity index (χ4v) is 3.47. The van der Waals surface area contributed by atoms with Gasteiger partial charge in [-0.1, -0.05) is 65.8 Å². The van der Waals surface area contributed by atoms with Crippen molar-refractivity contribution in [3.8, 4) is 6.07 Å². The molecule has 2 aromatic carbocycles. The van der Waals surface area contributed by atoms with E-state index in [1.54, 1.807) is 24.4 Å². The van der Waals surface area contributed by atoms with E-state index in [2.05, 4.69) is 74.6 Å². The van der Waals surface area contributed by atoms with Gasteiger partial charge in [-0.3, -0.25) is 9.79 Å². The highest BCUT2D eigenvalue weighted by Gasteiger charge is 2.21. The fourth-order valence-electron chi connectivity index (χ4n) is 3.47. The van der Waals surface area contributed by atoms with Crippen LogP contribution in [-0.4, -0.2) is 16.5 Å². The van der Waals surface area contributed by atoms with E-state index >= 15 is 0 Å². The molecule has 0 atom stereocenters. The zero-order valence-electron chi connectivity index (χ0n) is 19.5. The van der Waals surface area contributed by atoms with Crippen molar-refractivity contribution in [2.45, 2.75) is 58.9 Å². The topological polar surface area (TPSA) is 73.4 Å². The summed E-state index contributed by atoms with van der Waals surface area (Å²) in [5, 5.41) is 10.3. The Labute approximate surface area is 189 Å². The monoisotopic (exact) mass is 424 g/mol. The van der Waals surface area contributed by atoms with Gasteiger partial charge in [0.15, 0.2) is 11.4 Å². The van der Waals surface area contributed by atoms with Crippen LogP contribution in [0.5, 0.6) is 0 Å². The molecule has 162 valence electrons. The summed E-state index contributed by atoms with van der Waals surface area (Å²) in [6, 6.07) is 13.5. The summed E-state index contributed by atoms with van der Waals surface area (Å²) in [4.78, 5) is 23.9. The van der Waals surface area contributed by atoms with Crippen LogP contribution in [0.2, 0.25) is 0 Å². The number of rotatable bonds is 4. The predicted octanol–water partition coefficient (Wildman–Crippen LogP) is 6.66. The first-order valence-electron chi connectivity index (χ1n) is 10.6. The van der Waals surface area contributed by atoms with E-state index in [4.69, 9.17) is 6.57 Å². The molecule has 5 nitrogen and oxygen atoms in total. The van der Waals surface area contributed by atoms with Crippen LogP contribution in [0.3, 0.4) is 0 Å². The number of H-pyrrole nitrogens is 1. The Morgan fingerprint density at radius 3 is 2.22 bits per heavy atom. The quantitative estimate of drug-likeness (QED) is 0.289. The van der Waals surface area contributed by atoms with Crippen LogP contribution < -0.4 is 0 Å². The molecule has 5 heteroatoms. The molecule has 0 unspecified atom stereocenters. The molecule has 1 aromatic heterocycles. The maximum Gasteiger partial charge on any atom is 0.223 e. The number of aromatic nitrogens is 1. The highest BCUT2D eigenvalue weighted by Crippen LogP contribution is 2.31. The van der Waals surface area contributed by atoms with E-state index < -0.39 is 5.78 Å². The van der Waals surface area contributed by atoms with Gasteiger partial charge < -0.3 is 4.98 Å². The van der Waals surface area contributed by atoms with Crippen LogP contribution >= 0.6 is 0 Å². The molecule has 0 bridgehead atoms. The van der Waals surface area contributed by atoms with Gasteiger partial charge in [0.1, 0.15) is 6.07 Å². The first kappa shape index (κ1) is 23.0. The lowest BCUT2D eigenvalue weighted by atomic mass is 9.79. The molecule has 0 saturated heterocycles. The summed E-state index contributed by atoms with van der Waals surface area (Å²) >= 11 is 0. The maximum atomic E-state index is 13.1. The standard InChI is InChI=1S/C27H28N4O/c1-26(2,3)18-10-17(11-19(12-18)27(4,5)6)15-30-24(14-28)25(32)22-16-31-23-9-8-20(29-7)13-21(22)23/h8-13,16,31H,15H2,1-6H3. The number of aromatic amines is 1. The Morgan fingerprint density at radius 2 is 1.69 bits per heavy atom. The average molecular weight is 425 g/mol. The van der Waals surface area contributed by atoms with Crippen LogP contribution in [0, 0.1) is 17.9 Å². The molecule has 0 aliphatic carbocycles. The molecule has 32 heavy (non-hydrogen) atoms. The van der Waals surface area contributed by atoms with Crippen molar-refractivity contribution < 1.29 is 4.79 Å². The summed E-state index contributed by atoms with van der Waals surface area (Å²) < 4.78 is 0. The number of nitriles is 1. The minimum absolute atomic E-state index is 0.0295. The van der Waals surface area contributed by atoms with E-state index in [1.165, 1.54) is 11.1 Å². The zero-order chi connectivity index (χ0) is 23.7. The third kappa shape index (κ3) is 4.79. The molecule has 0 aliphatic heterocycles. The number of benzene rings is 2. The lowest BCUT2D eigenvalue weighted by molar-refractivity contribution is 0.106. The van der Waals surface area contributed by atoms with Crippen molar-refractivity contribution >= 4 is 28.1 Å². The lowest BCUT2D eigenvalue weighted by Crippen LogP contribution is -2.17. The van der Waals surface area contributed by atoms with E-state index in [0.29, 0.717) is 16.6 Å². The van der Waals surface area contributed by atoms with Crippen molar-refractivity contribution in [3.63, 3.8) is 0 Å². The highest BCUT2D eigenvalue weighted by molar-refractivity contribution is 6.52. The molecule has 0 aliphatic rings. The number of nitrogens with one attached hydrogen (secondary N) is 1. The molecular weight excluding hydrogens is 396 g/mol. The Bertz CT molecular complexity index is 1270. The normalized spacial score (nSPS) is 12.4. The smallest absolute Gasteiger partial charge is 0.223 e. The summed E-state index contributed by atoms with van der Waals surface area (Å²) in [6.45, 7) is 20.5. The first-order valence-corrected chi connectivity index (χ1v) is 10.6. The van der Waals surface area contributed by atoms with Crippen molar-refractivity contribution in [2.24, 2.45) is 4.99 Å². The van der Waals surface area contributed by atoms with Crippen molar-refractivity contribution in [1.82, 2.24) is 4.98 Å². The predicted molar refractivity (Wildman–Crippen MR) is 129 cm³/mol. The summed E-state index contributed by atoms with van der Waals surface area (Å²) in [5.74, 6) is -0.441. The molecule has 0 spiro atoms. The molecule has 0 amide bonds. The van der Waals surface area contributed by atoms with Gasteiger partial charge in [-0.05, 0) is 39.7 Å². The molecule has 3 aromatic rings. The molecule has 1 heterocycles. The molecule has 1 N–H and O–H groups in total. The maximum absolute atomic E-state index is 13.1. The molecule has 3 rings (SSSR count). The number of carbonyl (C=O) groups excluding carboxylic acids is 1. The van der Waals surface area contributed by atoms with Gasteiger partial charge in [-0.25, -0.2) is 4.85 Å². The van der Waals surface area contributed by atoms with Gasteiger partial charge in [0, 0.05) is 22.7 Å². The van der Waals surface area contributed by atoms with Crippen LogP contribution in [-0.2, 0) is 17.4 Å². The minimum atomic E-state index is -0.441. The van der Waals surface area contributed by atoms with Gasteiger partial charge in [-0.15, -0.1) is 0 Å². The van der Waals surface area contributed by atoms with Crippen LogP contribution in [0.4, 0.5) is 5.69 Å². The van der Waals surface area contributed by atoms with Crippen LogP contribution in [0.1, 0.15) is 68.6 Å². The molecular formula is C27H28N4O. The molecule has 0 radical (unpaired) electrons. The second-order valence-corrected chi connectivity index (χ2v) is 10.1. The lowest BCUT2D eigenvalue weighted by Gasteiger charge is -2.26. The van der Waals surface area contributed by atoms with Crippen LogP contribution in [0.25, 0.3) is 15.7 Å².